The molecule has 0 saturated carbocycles. The van der Waals surface area contributed by atoms with E-state index in [1.807, 2.05) is 20.8 Å². The number of hydrogen-bond donors (Lipinski definition) is 0. The zero-order valence-electron chi connectivity index (χ0n) is 9.52. The number of ether oxygens (including phenoxy) is 1. The van der Waals surface area contributed by atoms with E-state index in [1.54, 1.807) is 0 Å². The molecule has 2 nitrogen and oxygen atoms in total. The average molecular weight is 186 g/mol. The highest BCUT2D eigenvalue weighted by atomic mass is 16.5. The van der Waals surface area contributed by atoms with Crippen molar-refractivity contribution in [3.63, 3.8) is 0 Å². The van der Waals surface area contributed by atoms with E-state index < -0.39 is 0 Å². The number of hydrogen-bond acceptors (Lipinski definition) is 2. The normalized spacial score (nSPS) is 12.2. The van der Waals surface area contributed by atoms with Gasteiger partial charge in [-0.15, -0.1) is 0 Å². The zero-order chi connectivity index (χ0) is 10.5. The fraction of sp³-hybridized carbons (Fsp3) is 0.909. The van der Waals surface area contributed by atoms with Crippen molar-refractivity contribution < 1.29 is 9.53 Å². The second kappa shape index (κ2) is 5.38. The number of ketones is 1. The molecule has 0 fully saturated rings. The smallest absolute Gasteiger partial charge is 0.158 e. The van der Waals surface area contributed by atoms with Crippen molar-refractivity contribution in [1.29, 1.82) is 0 Å². The van der Waals surface area contributed by atoms with Gasteiger partial charge in [0.2, 0.25) is 0 Å². The van der Waals surface area contributed by atoms with Crippen LogP contribution in [0, 0.1) is 5.92 Å². The highest BCUT2D eigenvalue weighted by Gasteiger charge is 2.12. The fourth-order valence-electron chi connectivity index (χ4n) is 0.819. The van der Waals surface area contributed by atoms with Gasteiger partial charge in [-0.25, -0.2) is 0 Å². The van der Waals surface area contributed by atoms with Gasteiger partial charge in [-0.05, 0) is 33.1 Å². The van der Waals surface area contributed by atoms with E-state index >= 15 is 0 Å². The minimum atomic E-state index is -0.201. The summed E-state index contributed by atoms with van der Waals surface area (Å²) in [5.41, 5.74) is -0.201. The van der Waals surface area contributed by atoms with Crippen LogP contribution in [0.2, 0.25) is 0 Å². The summed E-state index contributed by atoms with van der Waals surface area (Å²) < 4.78 is 5.37. The third-order valence-corrected chi connectivity index (χ3v) is 1.67. The Morgan fingerprint density at radius 3 is 2.23 bits per heavy atom. The monoisotopic (exact) mass is 186 g/mol. The van der Waals surface area contributed by atoms with Gasteiger partial charge < -0.3 is 4.74 Å². The Balaban J connectivity index is 3.53. The van der Waals surface area contributed by atoms with Crippen molar-refractivity contribution in [1.82, 2.24) is 0 Å². The molecule has 0 aromatic carbocycles. The lowest BCUT2D eigenvalue weighted by molar-refractivity contribution is -0.128. The number of rotatable bonds is 5. The van der Waals surface area contributed by atoms with Crippen LogP contribution in [0.3, 0.4) is 0 Å². The Kier molecular flexibility index (Phi) is 5.23. The van der Waals surface area contributed by atoms with E-state index in [1.165, 1.54) is 0 Å². The number of Topliss-reactive ketones (excluding diaryl/α,β-unsaturated/α-hetero) is 1. The Hall–Kier alpha value is -0.370. The molecule has 0 heterocycles. The van der Waals surface area contributed by atoms with Gasteiger partial charge >= 0.3 is 0 Å². The largest absolute Gasteiger partial charge is 0.368 e. The first kappa shape index (κ1) is 12.6. The summed E-state index contributed by atoms with van der Waals surface area (Å²) in [7, 11) is 0. The van der Waals surface area contributed by atoms with Gasteiger partial charge in [0.05, 0.1) is 5.60 Å². The topological polar surface area (TPSA) is 26.3 Å². The molecule has 0 amide bonds. The molecule has 0 bridgehead atoms. The van der Waals surface area contributed by atoms with E-state index in [-0.39, 0.29) is 18.0 Å². The van der Waals surface area contributed by atoms with E-state index in [0.717, 1.165) is 6.42 Å². The average Bonchev–Trinajstić information content (AvgIpc) is 1.95. The molecule has 0 atom stereocenters. The van der Waals surface area contributed by atoms with Crippen molar-refractivity contribution >= 4 is 5.78 Å². The van der Waals surface area contributed by atoms with Gasteiger partial charge in [-0.3, -0.25) is 4.79 Å². The first-order valence-electron chi connectivity index (χ1n) is 4.97. The standard InChI is InChI=1S/C11H22O2/c1-9(2)6-7-10(12)8-13-11(3,4)5/h9H,6-8H2,1-5H3. The minimum absolute atomic E-state index is 0.201. The van der Waals surface area contributed by atoms with Crippen molar-refractivity contribution in [3.05, 3.63) is 0 Å². The van der Waals surface area contributed by atoms with Gasteiger partial charge in [-0.1, -0.05) is 13.8 Å². The van der Waals surface area contributed by atoms with Gasteiger partial charge in [0.15, 0.2) is 5.78 Å². The van der Waals surface area contributed by atoms with E-state index in [4.69, 9.17) is 4.74 Å². The fourth-order valence-corrected chi connectivity index (χ4v) is 0.819. The summed E-state index contributed by atoms with van der Waals surface area (Å²) in [5, 5.41) is 0. The molecule has 0 aliphatic rings. The number of carbonyl (C=O) groups is 1. The van der Waals surface area contributed by atoms with Gasteiger partial charge in [-0.2, -0.15) is 0 Å². The molecule has 0 aliphatic heterocycles. The molecule has 13 heavy (non-hydrogen) atoms. The molecule has 0 aromatic rings. The Morgan fingerprint density at radius 2 is 1.85 bits per heavy atom. The Bertz CT molecular complexity index is 154. The second-order valence-electron chi connectivity index (χ2n) is 4.87. The SMILES string of the molecule is CC(C)CCC(=O)COC(C)(C)C. The molecule has 0 aromatic heterocycles. The summed E-state index contributed by atoms with van der Waals surface area (Å²) >= 11 is 0. The molecule has 0 N–H and O–H groups in total. The first-order valence-corrected chi connectivity index (χ1v) is 4.97. The third kappa shape index (κ3) is 9.54. The van der Waals surface area contributed by atoms with Crippen molar-refractivity contribution in [2.45, 2.75) is 53.1 Å². The molecule has 0 spiro atoms. The van der Waals surface area contributed by atoms with Crippen LogP contribution in [0.15, 0.2) is 0 Å². The van der Waals surface area contributed by atoms with Crippen molar-refractivity contribution in [2.75, 3.05) is 6.61 Å². The maximum Gasteiger partial charge on any atom is 0.158 e. The van der Waals surface area contributed by atoms with Crippen LogP contribution in [0.4, 0.5) is 0 Å². The molecule has 0 rings (SSSR count). The molecule has 0 radical (unpaired) electrons. The highest BCUT2D eigenvalue weighted by molar-refractivity contribution is 5.79. The molecule has 78 valence electrons. The molecular formula is C11H22O2. The summed E-state index contributed by atoms with van der Waals surface area (Å²) in [6, 6.07) is 0. The van der Waals surface area contributed by atoms with Crippen molar-refractivity contribution in [3.8, 4) is 0 Å². The molecular weight excluding hydrogens is 164 g/mol. The van der Waals surface area contributed by atoms with E-state index in [0.29, 0.717) is 12.3 Å². The third-order valence-electron chi connectivity index (χ3n) is 1.67. The van der Waals surface area contributed by atoms with Crippen LogP contribution < -0.4 is 0 Å². The van der Waals surface area contributed by atoms with Crippen LogP contribution in [0.5, 0.6) is 0 Å². The predicted octanol–water partition coefficient (Wildman–Crippen LogP) is 2.81. The highest BCUT2D eigenvalue weighted by Crippen LogP contribution is 2.08. The van der Waals surface area contributed by atoms with Crippen LogP contribution in [-0.4, -0.2) is 18.0 Å². The first-order chi connectivity index (χ1) is 5.81. The lowest BCUT2D eigenvalue weighted by Gasteiger charge is -2.18. The maximum absolute atomic E-state index is 11.3. The second-order valence-corrected chi connectivity index (χ2v) is 4.87. The lowest BCUT2D eigenvalue weighted by Crippen LogP contribution is -2.23. The van der Waals surface area contributed by atoms with Crippen LogP contribution in [0.25, 0.3) is 0 Å². The van der Waals surface area contributed by atoms with E-state index in [2.05, 4.69) is 13.8 Å². The summed E-state index contributed by atoms with van der Waals surface area (Å²) in [5.74, 6) is 0.808. The van der Waals surface area contributed by atoms with Gasteiger partial charge in [0, 0.05) is 6.42 Å². The maximum atomic E-state index is 11.3. The zero-order valence-corrected chi connectivity index (χ0v) is 9.52. The predicted molar refractivity (Wildman–Crippen MR) is 54.8 cm³/mol. The van der Waals surface area contributed by atoms with Gasteiger partial charge in [0.1, 0.15) is 6.61 Å². The van der Waals surface area contributed by atoms with Gasteiger partial charge in [0.25, 0.3) is 0 Å². The summed E-state index contributed by atoms with van der Waals surface area (Å²) in [6.45, 7) is 10.4. The molecule has 0 unspecified atom stereocenters. The van der Waals surface area contributed by atoms with Crippen LogP contribution in [0.1, 0.15) is 47.5 Å². The Labute approximate surface area is 81.7 Å². The van der Waals surface area contributed by atoms with E-state index in [9.17, 15) is 4.79 Å². The molecule has 2 heteroatoms. The molecule has 0 aliphatic carbocycles. The molecule has 0 saturated heterocycles. The van der Waals surface area contributed by atoms with Crippen molar-refractivity contribution in [2.24, 2.45) is 5.92 Å². The number of carbonyl (C=O) groups excluding carboxylic acids is 1. The quantitative estimate of drug-likeness (QED) is 0.660. The van der Waals surface area contributed by atoms with Crippen LogP contribution in [-0.2, 0) is 9.53 Å². The minimum Gasteiger partial charge on any atom is -0.368 e. The summed E-state index contributed by atoms with van der Waals surface area (Å²) in [6.07, 6.45) is 1.61. The van der Waals surface area contributed by atoms with Crippen LogP contribution >= 0.6 is 0 Å². The Morgan fingerprint density at radius 1 is 1.31 bits per heavy atom. The summed E-state index contributed by atoms with van der Waals surface area (Å²) in [4.78, 5) is 11.3. The lowest BCUT2D eigenvalue weighted by atomic mass is 10.1.